The number of anilines is 1. The molecule has 9 heteroatoms. The van der Waals surface area contributed by atoms with E-state index in [4.69, 9.17) is 4.74 Å². The van der Waals surface area contributed by atoms with Crippen LogP contribution in [0.15, 0.2) is 55.2 Å². The first-order valence-electron chi connectivity index (χ1n) is 10.7. The quantitative estimate of drug-likeness (QED) is 0.524. The number of ether oxygens (including phenoxy) is 1. The van der Waals surface area contributed by atoms with Crippen molar-refractivity contribution in [1.82, 2.24) is 29.6 Å². The van der Waals surface area contributed by atoms with Crippen LogP contribution in [0.25, 0.3) is 16.7 Å². The number of carbonyl (C=O) groups is 1. The first-order valence-corrected chi connectivity index (χ1v) is 10.7. The molecule has 0 bridgehead atoms. The molecule has 3 aromatic heterocycles. The van der Waals surface area contributed by atoms with Gasteiger partial charge in [-0.3, -0.25) is 4.79 Å². The number of nitrogens with one attached hydrogen (secondary N) is 1. The van der Waals surface area contributed by atoms with Crippen molar-refractivity contribution in [2.24, 2.45) is 0 Å². The molecule has 5 heterocycles. The van der Waals surface area contributed by atoms with Gasteiger partial charge in [-0.05, 0) is 24.6 Å². The number of fused-ring (bicyclic) bond motifs is 2. The van der Waals surface area contributed by atoms with Gasteiger partial charge in [-0.2, -0.15) is 5.10 Å². The number of methoxy groups -OCH3 is 1. The summed E-state index contributed by atoms with van der Waals surface area (Å²) in [5.41, 5.74) is 2.69. The molecule has 2 atom stereocenters. The van der Waals surface area contributed by atoms with E-state index in [1.54, 1.807) is 18.1 Å². The van der Waals surface area contributed by atoms with Crippen molar-refractivity contribution < 1.29 is 9.53 Å². The zero-order chi connectivity index (χ0) is 21.7. The van der Waals surface area contributed by atoms with Crippen molar-refractivity contribution in [2.45, 2.75) is 31.5 Å². The summed E-state index contributed by atoms with van der Waals surface area (Å²) < 4.78 is 7.25. The van der Waals surface area contributed by atoms with Gasteiger partial charge in [0, 0.05) is 37.5 Å². The SMILES string of the molecule is COc1ccccc1-n1cc(CN2C(=O)C[C@H]3[C@@H]2CCN3c2ncnc3[nH]ccc23)cn1. The van der Waals surface area contributed by atoms with E-state index in [-0.39, 0.29) is 18.0 Å². The average Bonchev–Trinajstić information content (AvgIpc) is 3.60. The van der Waals surface area contributed by atoms with Crippen LogP contribution in [0.2, 0.25) is 0 Å². The van der Waals surface area contributed by atoms with Crippen LogP contribution >= 0.6 is 0 Å². The zero-order valence-electron chi connectivity index (χ0n) is 17.7. The Morgan fingerprint density at radius 3 is 3.00 bits per heavy atom. The van der Waals surface area contributed by atoms with Crippen molar-refractivity contribution in [2.75, 3.05) is 18.6 Å². The van der Waals surface area contributed by atoms with Crippen molar-refractivity contribution in [1.29, 1.82) is 0 Å². The maximum Gasteiger partial charge on any atom is 0.225 e. The summed E-state index contributed by atoms with van der Waals surface area (Å²) >= 11 is 0. The van der Waals surface area contributed by atoms with Crippen LogP contribution in [0, 0.1) is 0 Å². The Kier molecular flexibility index (Phi) is 4.34. The molecule has 6 rings (SSSR count). The summed E-state index contributed by atoms with van der Waals surface area (Å²) in [6.45, 7) is 1.42. The molecule has 0 unspecified atom stereocenters. The van der Waals surface area contributed by atoms with Crippen LogP contribution in [0.3, 0.4) is 0 Å². The van der Waals surface area contributed by atoms with Crippen LogP contribution in [-0.2, 0) is 11.3 Å². The Labute approximate surface area is 184 Å². The third kappa shape index (κ3) is 2.92. The highest BCUT2D eigenvalue weighted by atomic mass is 16.5. The fourth-order valence-corrected chi connectivity index (χ4v) is 5.07. The minimum Gasteiger partial charge on any atom is -0.494 e. The summed E-state index contributed by atoms with van der Waals surface area (Å²) in [6, 6.07) is 10.0. The van der Waals surface area contributed by atoms with Gasteiger partial charge in [0.25, 0.3) is 0 Å². The van der Waals surface area contributed by atoms with Gasteiger partial charge in [0.2, 0.25) is 5.91 Å². The van der Waals surface area contributed by atoms with Crippen LogP contribution in [-0.4, -0.2) is 61.3 Å². The second-order valence-electron chi connectivity index (χ2n) is 8.24. The molecular formula is C23H23N7O2. The number of aromatic nitrogens is 5. The first kappa shape index (κ1) is 18.9. The second kappa shape index (κ2) is 7.37. The molecule has 9 nitrogen and oxygen atoms in total. The molecular weight excluding hydrogens is 406 g/mol. The lowest BCUT2D eigenvalue weighted by Crippen LogP contribution is -2.37. The third-order valence-electron chi connectivity index (χ3n) is 6.54. The molecule has 2 fully saturated rings. The second-order valence-corrected chi connectivity index (χ2v) is 8.24. The summed E-state index contributed by atoms with van der Waals surface area (Å²) in [5, 5.41) is 5.50. The van der Waals surface area contributed by atoms with Gasteiger partial charge < -0.3 is 19.5 Å². The lowest BCUT2D eigenvalue weighted by molar-refractivity contribution is -0.129. The van der Waals surface area contributed by atoms with E-state index in [0.717, 1.165) is 46.8 Å². The number of para-hydroxylation sites is 2. The zero-order valence-corrected chi connectivity index (χ0v) is 17.7. The van der Waals surface area contributed by atoms with Gasteiger partial charge in [0.1, 0.15) is 29.2 Å². The highest BCUT2D eigenvalue weighted by Crippen LogP contribution is 2.37. The normalized spacial score (nSPS) is 20.3. The van der Waals surface area contributed by atoms with Gasteiger partial charge in [0.05, 0.1) is 30.8 Å². The fraction of sp³-hybridized carbons (Fsp3) is 0.304. The number of hydrogen-bond acceptors (Lipinski definition) is 6. The number of benzene rings is 1. The number of H-pyrrole nitrogens is 1. The van der Waals surface area contributed by atoms with E-state index in [1.165, 1.54) is 0 Å². The molecule has 0 saturated carbocycles. The summed E-state index contributed by atoms with van der Waals surface area (Å²) in [4.78, 5) is 29.2. The topological polar surface area (TPSA) is 92.2 Å². The highest BCUT2D eigenvalue weighted by molar-refractivity contribution is 5.89. The number of aromatic amines is 1. The van der Waals surface area contributed by atoms with Crippen molar-refractivity contribution in [3.8, 4) is 11.4 Å². The predicted molar refractivity (Wildman–Crippen MR) is 119 cm³/mol. The van der Waals surface area contributed by atoms with Crippen molar-refractivity contribution in [3.63, 3.8) is 0 Å². The number of nitrogens with zero attached hydrogens (tertiary/aromatic N) is 6. The largest absolute Gasteiger partial charge is 0.494 e. The third-order valence-corrected chi connectivity index (χ3v) is 6.54. The van der Waals surface area contributed by atoms with Gasteiger partial charge in [-0.1, -0.05) is 12.1 Å². The first-order chi connectivity index (χ1) is 15.7. The van der Waals surface area contributed by atoms with E-state index in [0.29, 0.717) is 13.0 Å². The minimum atomic E-state index is 0.125. The smallest absolute Gasteiger partial charge is 0.225 e. The monoisotopic (exact) mass is 429 g/mol. The lowest BCUT2D eigenvalue weighted by Gasteiger charge is -2.26. The Bertz CT molecular complexity index is 1300. The lowest BCUT2D eigenvalue weighted by atomic mass is 10.1. The van der Waals surface area contributed by atoms with E-state index in [1.807, 2.05) is 53.8 Å². The van der Waals surface area contributed by atoms with Gasteiger partial charge in [-0.25, -0.2) is 14.6 Å². The maximum atomic E-state index is 13.0. The molecule has 2 aliphatic heterocycles. The fourth-order valence-electron chi connectivity index (χ4n) is 5.07. The van der Waals surface area contributed by atoms with E-state index in [9.17, 15) is 4.79 Å². The molecule has 0 radical (unpaired) electrons. The number of carbonyl (C=O) groups excluding carboxylic acids is 1. The van der Waals surface area contributed by atoms with E-state index >= 15 is 0 Å². The highest BCUT2D eigenvalue weighted by Gasteiger charge is 2.47. The van der Waals surface area contributed by atoms with Crippen molar-refractivity contribution in [3.05, 3.63) is 60.8 Å². The molecule has 2 saturated heterocycles. The van der Waals surface area contributed by atoms with Crippen LogP contribution in [0.4, 0.5) is 5.82 Å². The Hall–Kier alpha value is -3.88. The van der Waals surface area contributed by atoms with Crippen LogP contribution < -0.4 is 9.64 Å². The van der Waals surface area contributed by atoms with Crippen molar-refractivity contribution >= 4 is 22.8 Å². The average molecular weight is 429 g/mol. The number of likely N-dealkylation sites (tertiary alicyclic amines) is 1. The molecule has 4 aromatic rings. The molecule has 0 spiro atoms. The Balaban J connectivity index is 1.24. The Morgan fingerprint density at radius 1 is 1.19 bits per heavy atom. The molecule has 32 heavy (non-hydrogen) atoms. The number of hydrogen-bond donors (Lipinski definition) is 1. The Morgan fingerprint density at radius 2 is 2.09 bits per heavy atom. The van der Waals surface area contributed by atoms with E-state index < -0.39 is 0 Å². The summed E-state index contributed by atoms with van der Waals surface area (Å²) in [7, 11) is 1.65. The van der Waals surface area contributed by atoms with Gasteiger partial charge in [0.15, 0.2) is 0 Å². The molecule has 2 aliphatic rings. The minimum absolute atomic E-state index is 0.125. The number of amides is 1. The van der Waals surface area contributed by atoms with Crippen LogP contribution in [0.1, 0.15) is 18.4 Å². The summed E-state index contributed by atoms with van der Waals surface area (Å²) in [6.07, 6.45) is 8.69. The molecule has 1 N–H and O–H groups in total. The predicted octanol–water partition coefficient (Wildman–Crippen LogP) is 2.53. The molecule has 0 aliphatic carbocycles. The standard InChI is InChI=1S/C23H23N7O2/c1-32-20-5-3-2-4-18(20)30-13-15(11-27-30)12-29-17-7-9-28(19(17)10-21(29)31)23-16-6-8-24-22(16)25-14-26-23/h2-6,8,11,13-14,17,19H,7,9-10,12H2,1H3,(H,24,25,26)/t17-,19-/m0/s1. The van der Waals surface area contributed by atoms with Gasteiger partial charge in [-0.15, -0.1) is 0 Å². The van der Waals surface area contributed by atoms with Crippen LogP contribution in [0.5, 0.6) is 5.75 Å². The summed E-state index contributed by atoms with van der Waals surface area (Å²) in [5.74, 6) is 1.84. The van der Waals surface area contributed by atoms with E-state index in [2.05, 4.69) is 25.0 Å². The molecule has 1 amide bonds. The number of rotatable bonds is 5. The molecule has 1 aromatic carbocycles. The maximum absolute atomic E-state index is 13.0. The molecule has 162 valence electrons. The van der Waals surface area contributed by atoms with Gasteiger partial charge >= 0.3 is 0 Å².